The van der Waals surface area contributed by atoms with Crippen molar-refractivity contribution in [2.75, 3.05) is 11.9 Å². The molecule has 3 N–H and O–H groups in total. The van der Waals surface area contributed by atoms with Crippen LogP contribution in [0.25, 0.3) is 10.8 Å². The average Bonchev–Trinajstić information content (AvgIpc) is 2.34. The van der Waals surface area contributed by atoms with Crippen LogP contribution in [0.15, 0.2) is 35.2 Å². The maximum atomic E-state index is 11.1. The van der Waals surface area contributed by atoms with Crippen molar-refractivity contribution in [1.29, 1.82) is 0 Å². The predicted octanol–water partition coefficient (Wildman–Crippen LogP) is 1.79. The number of carbonyl (C=O) groups is 1. The zero-order valence-corrected chi connectivity index (χ0v) is 11.4. The van der Waals surface area contributed by atoms with Gasteiger partial charge >= 0.3 is 0 Å². The molecule has 7 heteroatoms. The van der Waals surface area contributed by atoms with Gasteiger partial charge in [-0.3, -0.25) is 9.35 Å². The lowest BCUT2D eigenvalue weighted by molar-refractivity contribution is -0.115. The summed E-state index contributed by atoms with van der Waals surface area (Å²) in [6.45, 7) is 1.59. The van der Waals surface area contributed by atoms with Crippen molar-refractivity contribution in [3.8, 4) is 5.75 Å². The van der Waals surface area contributed by atoms with Gasteiger partial charge in [-0.15, -0.1) is 0 Å². The summed E-state index contributed by atoms with van der Waals surface area (Å²) in [7, 11) is -4.39. The van der Waals surface area contributed by atoms with Gasteiger partial charge in [-0.25, -0.2) is 0 Å². The molecule has 0 aromatic heterocycles. The Morgan fingerprint density at radius 3 is 2.55 bits per heavy atom. The molecule has 0 bridgehead atoms. The molecule has 0 aliphatic carbocycles. The lowest BCUT2D eigenvalue weighted by atomic mass is 10.1. The second kappa shape index (κ2) is 5.10. The van der Waals surface area contributed by atoms with Gasteiger partial charge in [0.15, 0.2) is 0 Å². The van der Waals surface area contributed by atoms with Crippen molar-refractivity contribution in [1.82, 2.24) is 0 Å². The topological polar surface area (TPSA) is 104 Å². The van der Waals surface area contributed by atoms with Crippen LogP contribution in [-0.2, 0) is 14.9 Å². The minimum atomic E-state index is -4.39. The molecule has 0 unspecified atom stereocenters. The van der Waals surface area contributed by atoms with Crippen molar-refractivity contribution in [2.24, 2.45) is 0 Å². The largest absolute Gasteiger partial charge is 0.507 e. The van der Waals surface area contributed by atoms with Crippen molar-refractivity contribution in [3.63, 3.8) is 0 Å². The number of fused-ring (bicyclic) bond motifs is 1. The summed E-state index contributed by atoms with van der Waals surface area (Å²) in [5, 5.41) is 13.5. The first-order chi connectivity index (χ1) is 9.27. The summed E-state index contributed by atoms with van der Waals surface area (Å²) in [4.78, 5) is 10.5. The van der Waals surface area contributed by atoms with E-state index in [1.807, 2.05) is 0 Å². The minimum Gasteiger partial charge on any atom is -0.507 e. The number of hydrogen-bond donors (Lipinski definition) is 3. The number of ketones is 1. The van der Waals surface area contributed by atoms with Gasteiger partial charge in [0.1, 0.15) is 11.5 Å². The molecule has 0 saturated carbocycles. The lowest BCUT2D eigenvalue weighted by Crippen LogP contribution is -2.09. The molecule has 2 aromatic rings. The summed E-state index contributed by atoms with van der Waals surface area (Å²) >= 11 is 0. The molecule has 20 heavy (non-hydrogen) atoms. The number of carbonyl (C=O) groups excluding carboxylic acids is 1. The van der Waals surface area contributed by atoms with Crippen molar-refractivity contribution in [2.45, 2.75) is 11.8 Å². The fraction of sp³-hybridized carbons (Fsp3) is 0.154. The molecular formula is C13H13NO5S. The third kappa shape index (κ3) is 3.06. The first-order valence-electron chi connectivity index (χ1n) is 5.75. The van der Waals surface area contributed by atoms with Crippen LogP contribution in [0, 0.1) is 0 Å². The number of hydrogen-bond acceptors (Lipinski definition) is 5. The summed E-state index contributed by atoms with van der Waals surface area (Å²) in [5.41, 5.74) is 0.611. The Labute approximate surface area is 115 Å². The second-order valence-electron chi connectivity index (χ2n) is 4.41. The molecule has 0 aliphatic rings. The summed E-state index contributed by atoms with van der Waals surface area (Å²) in [6, 6.07) is 7.09. The van der Waals surface area contributed by atoms with E-state index in [2.05, 4.69) is 5.32 Å². The molecule has 6 nitrogen and oxygen atoms in total. The average molecular weight is 295 g/mol. The van der Waals surface area contributed by atoms with Crippen LogP contribution < -0.4 is 5.32 Å². The third-order valence-corrected chi connectivity index (χ3v) is 3.57. The normalized spacial score (nSPS) is 11.5. The number of rotatable bonds is 4. The zero-order chi connectivity index (χ0) is 14.9. The monoisotopic (exact) mass is 295 g/mol. The van der Waals surface area contributed by atoms with E-state index < -0.39 is 10.1 Å². The molecule has 0 radical (unpaired) electrons. The van der Waals surface area contributed by atoms with Crippen LogP contribution in [0.2, 0.25) is 0 Å². The molecule has 106 valence electrons. The maximum Gasteiger partial charge on any atom is 0.294 e. The maximum absolute atomic E-state index is 11.1. The molecule has 2 rings (SSSR count). The van der Waals surface area contributed by atoms with Gasteiger partial charge in [0, 0.05) is 17.1 Å². The van der Waals surface area contributed by atoms with Gasteiger partial charge in [-0.1, -0.05) is 0 Å². The van der Waals surface area contributed by atoms with Gasteiger partial charge in [-0.2, -0.15) is 8.42 Å². The molecule has 2 aromatic carbocycles. The van der Waals surface area contributed by atoms with E-state index in [1.165, 1.54) is 13.0 Å². The Morgan fingerprint density at radius 2 is 1.95 bits per heavy atom. The highest BCUT2D eigenvalue weighted by molar-refractivity contribution is 7.85. The van der Waals surface area contributed by atoms with Gasteiger partial charge in [0.25, 0.3) is 10.1 Å². The van der Waals surface area contributed by atoms with Crippen LogP contribution in [0.4, 0.5) is 5.69 Å². The number of Topliss-reactive ketones (excluding diaryl/α,β-unsaturated/α-hetero) is 1. The van der Waals surface area contributed by atoms with E-state index in [0.29, 0.717) is 16.5 Å². The highest BCUT2D eigenvalue weighted by Gasteiger charge is 2.13. The summed E-state index contributed by atoms with van der Waals surface area (Å²) < 4.78 is 31.2. The van der Waals surface area contributed by atoms with Crippen LogP contribution in [0.5, 0.6) is 5.75 Å². The Bertz CT molecular complexity index is 783. The zero-order valence-electron chi connectivity index (χ0n) is 10.6. The lowest BCUT2D eigenvalue weighted by Gasteiger charge is -2.08. The quantitative estimate of drug-likeness (QED) is 0.743. The molecule has 0 fully saturated rings. The van der Waals surface area contributed by atoms with Crippen LogP contribution in [0.3, 0.4) is 0 Å². The number of phenols is 1. The first kappa shape index (κ1) is 14.3. The third-order valence-electron chi connectivity index (χ3n) is 2.74. The van der Waals surface area contributed by atoms with Gasteiger partial charge in [-0.05, 0) is 36.6 Å². The molecule has 0 atom stereocenters. The Kier molecular flexibility index (Phi) is 3.65. The first-order valence-corrected chi connectivity index (χ1v) is 7.19. The number of aromatic hydroxyl groups is 1. The standard InChI is InChI=1S/C13H13NO5S/c1-8(15)7-14-10-2-3-12-9(4-10)5-11(6-13(12)16)20(17,18)19/h2-6,14,16H,7H2,1H3,(H,17,18,19). The van der Waals surface area contributed by atoms with Crippen molar-refractivity contribution < 1.29 is 22.9 Å². The Balaban J connectivity index is 2.52. The molecule has 0 spiro atoms. The van der Waals surface area contributed by atoms with E-state index in [1.54, 1.807) is 18.2 Å². The van der Waals surface area contributed by atoms with Crippen LogP contribution in [0.1, 0.15) is 6.92 Å². The van der Waals surface area contributed by atoms with E-state index in [4.69, 9.17) is 4.55 Å². The molecule has 0 aliphatic heterocycles. The van der Waals surface area contributed by atoms with E-state index in [-0.39, 0.29) is 23.0 Å². The smallest absolute Gasteiger partial charge is 0.294 e. The van der Waals surface area contributed by atoms with E-state index in [9.17, 15) is 18.3 Å². The Hall–Kier alpha value is -2.12. The fourth-order valence-corrected chi connectivity index (χ4v) is 2.34. The number of nitrogens with one attached hydrogen (secondary N) is 1. The summed E-state index contributed by atoms with van der Waals surface area (Å²) in [6.07, 6.45) is 0. The molecular weight excluding hydrogens is 282 g/mol. The van der Waals surface area contributed by atoms with Crippen LogP contribution in [-0.4, -0.2) is 30.4 Å². The summed E-state index contributed by atoms with van der Waals surface area (Å²) in [5.74, 6) is -0.284. The number of anilines is 1. The molecule has 0 amide bonds. The second-order valence-corrected chi connectivity index (χ2v) is 5.83. The van der Waals surface area contributed by atoms with E-state index >= 15 is 0 Å². The molecule has 0 saturated heterocycles. The Morgan fingerprint density at radius 1 is 1.25 bits per heavy atom. The fourth-order valence-electron chi connectivity index (χ4n) is 1.81. The number of benzene rings is 2. The predicted molar refractivity (Wildman–Crippen MR) is 74.6 cm³/mol. The van der Waals surface area contributed by atoms with Gasteiger partial charge < -0.3 is 10.4 Å². The minimum absolute atomic E-state index is 0.0420. The van der Waals surface area contributed by atoms with Crippen LogP contribution >= 0.6 is 0 Å². The highest BCUT2D eigenvalue weighted by atomic mass is 32.2. The number of phenolic OH excluding ortho intramolecular Hbond substituents is 1. The van der Waals surface area contributed by atoms with Crippen molar-refractivity contribution in [3.05, 3.63) is 30.3 Å². The molecule has 0 heterocycles. The van der Waals surface area contributed by atoms with Gasteiger partial charge in [0.05, 0.1) is 11.4 Å². The van der Waals surface area contributed by atoms with Gasteiger partial charge in [0.2, 0.25) is 0 Å². The SMILES string of the molecule is CC(=O)CNc1ccc2c(O)cc(S(=O)(=O)O)cc2c1. The van der Waals surface area contributed by atoms with E-state index in [0.717, 1.165) is 6.07 Å². The van der Waals surface area contributed by atoms with Crippen molar-refractivity contribution >= 4 is 32.4 Å². The highest BCUT2D eigenvalue weighted by Crippen LogP contribution is 2.30.